The molecule has 3 aromatic rings. The zero-order chi connectivity index (χ0) is 26.5. The number of thiocarbonyl (C=S) groups is 1. The van der Waals surface area contributed by atoms with Crippen LogP contribution < -0.4 is 25.1 Å². The number of hydrogen-bond donors (Lipinski definition) is 2. The van der Waals surface area contributed by atoms with Crippen LogP contribution in [0.1, 0.15) is 16.8 Å². The van der Waals surface area contributed by atoms with Crippen LogP contribution in [0.25, 0.3) is 0 Å². The van der Waals surface area contributed by atoms with E-state index >= 15 is 0 Å². The maximum absolute atomic E-state index is 13.5. The smallest absolute Gasteiger partial charge is 0.269 e. The Balaban J connectivity index is 1.59. The molecule has 1 saturated heterocycles. The van der Waals surface area contributed by atoms with E-state index in [4.69, 9.17) is 33.3 Å². The predicted molar refractivity (Wildman–Crippen MR) is 144 cm³/mol. The molecule has 190 valence electrons. The van der Waals surface area contributed by atoms with Crippen molar-refractivity contribution in [2.75, 3.05) is 24.4 Å². The molecule has 1 atom stereocenters. The Morgan fingerprint density at radius 3 is 2.19 bits per heavy atom. The van der Waals surface area contributed by atoms with E-state index in [0.717, 1.165) is 0 Å². The van der Waals surface area contributed by atoms with Crippen LogP contribution in [0.5, 0.6) is 11.5 Å². The molecule has 2 N–H and O–H groups in total. The average molecular weight is 539 g/mol. The molecular formula is C26H23ClN4O5S. The van der Waals surface area contributed by atoms with Gasteiger partial charge in [-0.2, -0.15) is 0 Å². The summed E-state index contributed by atoms with van der Waals surface area (Å²) >= 11 is 11.6. The monoisotopic (exact) mass is 538 g/mol. The van der Waals surface area contributed by atoms with E-state index in [1.165, 1.54) is 24.1 Å². The van der Waals surface area contributed by atoms with Crippen molar-refractivity contribution in [1.29, 1.82) is 0 Å². The van der Waals surface area contributed by atoms with Crippen LogP contribution >= 0.6 is 23.8 Å². The normalized spacial score (nSPS) is 14.9. The Kier molecular flexibility index (Phi) is 7.90. The fourth-order valence-electron chi connectivity index (χ4n) is 3.74. The number of benzene rings is 3. The number of carbonyl (C=O) groups excluding carboxylic acids is 3. The summed E-state index contributed by atoms with van der Waals surface area (Å²) in [6, 6.07) is 18.7. The molecule has 0 spiro atoms. The van der Waals surface area contributed by atoms with E-state index in [9.17, 15) is 14.4 Å². The minimum absolute atomic E-state index is 0.0255. The lowest BCUT2D eigenvalue weighted by molar-refractivity contribution is -0.124. The lowest BCUT2D eigenvalue weighted by Gasteiger charge is -2.24. The third-order valence-electron chi connectivity index (χ3n) is 5.61. The molecule has 0 saturated carbocycles. The number of halogens is 1. The zero-order valence-electron chi connectivity index (χ0n) is 19.9. The molecule has 0 aromatic heterocycles. The molecule has 1 aliphatic rings. The summed E-state index contributed by atoms with van der Waals surface area (Å²) in [5, 5.41) is 4.45. The zero-order valence-corrected chi connectivity index (χ0v) is 21.5. The van der Waals surface area contributed by atoms with E-state index in [0.29, 0.717) is 33.5 Å². The van der Waals surface area contributed by atoms with E-state index in [1.54, 1.807) is 72.8 Å². The maximum atomic E-state index is 13.5. The number of anilines is 2. The number of hydrogen-bond acceptors (Lipinski definition) is 6. The lowest BCUT2D eigenvalue weighted by Crippen LogP contribution is -2.49. The highest BCUT2D eigenvalue weighted by molar-refractivity contribution is 7.80. The van der Waals surface area contributed by atoms with Crippen molar-refractivity contribution < 1.29 is 23.9 Å². The van der Waals surface area contributed by atoms with Gasteiger partial charge in [0.2, 0.25) is 11.0 Å². The van der Waals surface area contributed by atoms with Crippen LogP contribution in [-0.2, 0) is 9.59 Å². The van der Waals surface area contributed by atoms with Crippen LogP contribution in [0.2, 0.25) is 5.02 Å². The molecule has 1 aliphatic heterocycles. The van der Waals surface area contributed by atoms with E-state index < -0.39 is 23.8 Å². The maximum Gasteiger partial charge on any atom is 0.269 e. The molecule has 0 radical (unpaired) electrons. The summed E-state index contributed by atoms with van der Waals surface area (Å²) in [5.41, 5.74) is 3.96. The molecule has 4 rings (SSSR count). The first kappa shape index (κ1) is 25.9. The van der Waals surface area contributed by atoms with Crippen LogP contribution in [-0.4, -0.2) is 48.1 Å². The van der Waals surface area contributed by atoms with Crippen LogP contribution in [0, 0.1) is 0 Å². The number of nitrogens with zero attached hydrogens (tertiary/aromatic N) is 2. The molecule has 0 bridgehead atoms. The number of ether oxygens (including phenoxy) is 2. The second-order valence-corrected chi connectivity index (χ2v) is 8.77. The Hall–Kier alpha value is -4.15. The van der Waals surface area contributed by atoms with Crippen LogP contribution in [0.15, 0.2) is 72.8 Å². The molecule has 1 fully saturated rings. The Labute approximate surface area is 223 Å². The summed E-state index contributed by atoms with van der Waals surface area (Å²) < 4.78 is 10.3. The van der Waals surface area contributed by atoms with Gasteiger partial charge in [0, 0.05) is 16.3 Å². The van der Waals surface area contributed by atoms with Gasteiger partial charge in [-0.3, -0.25) is 24.7 Å². The quantitative estimate of drug-likeness (QED) is 0.418. The third kappa shape index (κ3) is 5.82. The van der Waals surface area contributed by atoms with Crippen molar-refractivity contribution in [2.24, 2.45) is 0 Å². The fraction of sp³-hybridized carbons (Fsp3) is 0.154. The first-order chi connectivity index (χ1) is 17.8. The Morgan fingerprint density at radius 2 is 1.59 bits per heavy atom. The second-order valence-electron chi connectivity index (χ2n) is 7.97. The third-order valence-corrected chi connectivity index (χ3v) is 6.22. The number of nitrogens with one attached hydrogen (secondary N) is 2. The van der Waals surface area contributed by atoms with Crippen molar-refractivity contribution >= 4 is 58.0 Å². The second kappa shape index (κ2) is 11.3. The van der Waals surface area contributed by atoms with Gasteiger partial charge < -0.3 is 14.8 Å². The first-order valence-corrected chi connectivity index (χ1v) is 11.9. The van der Waals surface area contributed by atoms with Crippen LogP contribution in [0.3, 0.4) is 0 Å². The standard InChI is InChI=1S/C26H23ClN4O5S/c1-35-20-10-6-16(7-11-20)24(33)29-31-22(15-23(32)28-18-5-3-4-17(27)14-18)25(34)30(26(31)37)19-8-12-21(36-2)13-9-19/h3-14,22H,15H2,1-2H3,(H,28,32)(H,29,33). The molecule has 11 heteroatoms. The van der Waals surface area contributed by atoms with Gasteiger partial charge in [-0.25, -0.2) is 5.01 Å². The number of rotatable bonds is 8. The molecule has 0 aliphatic carbocycles. The SMILES string of the molecule is COc1ccc(C(=O)NN2C(=S)N(c3ccc(OC)cc3)C(=O)C2CC(=O)Nc2cccc(Cl)c2)cc1. The van der Waals surface area contributed by atoms with Crippen molar-refractivity contribution in [3.8, 4) is 11.5 Å². The van der Waals surface area contributed by atoms with Gasteiger partial charge in [0.05, 0.1) is 26.3 Å². The summed E-state index contributed by atoms with van der Waals surface area (Å²) in [6.45, 7) is 0. The number of amides is 3. The Morgan fingerprint density at radius 1 is 0.973 bits per heavy atom. The molecule has 1 heterocycles. The van der Waals surface area contributed by atoms with Crippen molar-refractivity contribution in [2.45, 2.75) is 12.5 Å². The molecule has 3 amide bonds. The molecule has 9 nitrogen and oxygen atoms in total. The highest BCUT2D eigenvalue weighted by Gasteiger charge is 2.45. The van der Waals surface area contributed by atoms with E-state index in [1.807, 2.05) is 0 Å². The number of methoxy groups -OCH3 is 2. The summed E-state index contributed by atoms with van der Waals surface area (Å²) in [7, 11) is 3.06. The summed E-state index contributed by atoms with van der Waals surface area (Å²) in [6.07, 6.45) is -0.277. The largest absolute Gasteiger partial charge is 0.497 e. The fourth-order valence-corrected chi connectivity index (χ4v) is 4.30. The summed E-state index contributed by atoms with van der Waals surface area (Å²) in [4.78, 5) is 40.7. The Bertz CT molecular complexity index is 1330. The van der Waals surface area contributed by atoms with Gasteiger partial charge in [0.1, 0.15) is 17.5 Å². The van der Waals surface area contributed by atoms with Crippen molar-refractivity contribution in [3.05, 3.63) is 83.4 Å². The predicted octanol–water partition coefficient (Wildman–Crippen LogP) is 4.03. The first-order valence-electron chi connectivity index (χ1n) is 11.1. The van der Waals surface area contributed by atoms with Gasteiger partial charge in [-0.05, 0) is 78.9 Å². The van der Waals surface area contributed by atoms with E-state index in [-0.39, 0.29) is 11.5 Å². The van der Waals surface area contributed by atoms with Crippen molar-refractivity contribution in [1.82, 2.24) is 10.4 Å². The topological polar surface area (TPSA) is 100 Å². The molecule has 1 unspecified atom stereocenters. The van der Waals surface area contributed by atoms with Gasteiger partial charge in [-0.1, -0.05) is 17.7 Å². The molecule has 3 aromatic carbocycles. The van der Waals surface area contributed by atoms with Crippen molar-refractivity contribution in [3.63, 3.8) is 0 Å². The minimum atomic E-state index is -1.09. The van der Waals surface area contributed by atoms with E-state index in [2.05, 4.69) is 10.7 Å². The average Bonchev–Trinajstić information content (AvgIpc) is 3.12. The molecule has 37 heavy (non-hydrogen) atoms. The minimum Gasteiger partial charge on any atom is -0.497 e. The number of carbonyl (C=O) groups is 3. The van der Waals surface area contributed by atoms with Crippen LogP contribution in [0.4, 0.5) is 11.4 Å². The molecular weight excluding hydrogens is 516 g/mol. The lowest BCUT2D eigenvalue weighted by atomic mass is 10.1. The number of hydrazine groups is 1. The highest BCUT2D eigenvalue weighted by Crippen LogP contribution is 2.28. The summed E-state index contributed by atoms with van der Waals surface area (Å²) in [5.74, 6) is -0.238. The highest BCUT2D eigenvalue weighted by atomic mass is 35.5. The van der Waals surface area contributed by atoms with Gasteiger partial charge in [0.25, 0.3) is 11.8 Å². The van der Waals surface area contributed by atoms with Gasteiger partial charge in [-0.15, -0.1) is 0 Å². The van der Waals surface area contributed by atoms with Gasteiger partial charge in [0.15, 0.2) is 0 Å². The van der Waals surface area contributed by atoms with Gasteiger partial charge >= 0.3 is 0 Å².